The van der Waals surface area contributed by atoms with Crippen molar-refractivity contribution in [2.45, 2.75) is 12.6 Å². The summed E-state index contributed by atoms with van der Waals surface area (Å²) in [7, 11) is 0. The van der Waals surface area contributed by atoms with Crippen LogP contribution in [0.4, 0.5) is 13.2 Å². The molecular weight excluding hydrogens is 311 g/mol. The molecule has 0 saturated heterocycles. The maximum Gasteiger partial charge on any atom is 0.123 e. The normalized spacial score (nSPS) is 11.0. The highest BCUT2D eigenvalue weighted by atomic mass is 19.1. The van der Waals surface area contributed by atoms with E-state index in [-0.39, 0.29) is 23.5 Å². The summed E-state index contributed by atoms with van der Waals surface area (Å²) in [5.41, 5.74) is 2.49. The van der Waals surface area contributed by atoms with Crippen LogP contribution in [0, 0.1) is 17.5 Å². The molecule has 0 aliphatic heterocycles. The third-order valence-corrected chi connectivity index (χ3v) is 3.81. The molecule has 0 amide bonds. The van der Waals surface area contributed by atoms with Gasteiger partial charge in [-0.3, -0.25) is 0 Å². The molecule has 0 unspecified atom stereocenters. The topological polar surface area (TPSA) is 12.0 Å². The van der Waals surface area contributed by atoms with Gasteiger partial charge in [-0.25, -0.2) is 13.2 Å². The van der Waals surface area contributed by atoms with Crippen LogP contribution >= 0.6 is 0 Å². The van der Waals surface area contributed by atoms with Crippen molar-refractivity contribution in [1.29, 1.82) is 0 Å². The first kappa shape index (κ1) is 16.3. The van der Waals surface area contributed by atoms with Crippen molar-refractivity contribution in [3.8, 4) is 0 Å². The third kappa shape index (κ3) is 4.03. The Labute approximate surface area is 138 Å². The SMILES string of the molecule is Fc1ccc(C(NCc2cccc(F)c2)c2ccc(F)cc2)cc1. The molecule has 0 aliphatic carbocycles. The van der Waals surface area contributed by atoms with E-state index in [9.17, 15) is 13.2 Å². The molecule has 3 rings (SSSR count). The van der Waals surface area contributed by atoms with Crippen molar-refractivity contribution in [1.82, 2.24) is 5.32 Å². The molecule has 1 N–H and O–H groups in total. The number of benzene rings is 3. The average molecular weight is 327 g/mol. The zero-order chi connectivity index (χ0) is 16.9. The van der Waals surface area contributed by atoms with Gasteiger partial charge in [0.1, 0.15) is 17.5 Å². The molecule has 3 aromatic carbocycles. The lowest BCUT2D eigenvalue weighted by Crippen LogP contribution is -2.22. The van der Waals surface area contributed by atoms with Gasteiger partial charge < -0.3 is 5.32 Å². The molecule has 0 bridgehead atoms. The minimum Gasteiger partial charge on any atom is -0.302 e. The molecule has 0 radical (unpaired) electrons. The van der Waals surface area contributed by atoms with Gasteiger partial charge >= 0.3 is 0 Å². The summed E-state index contributed by atoms with van der Waals surface area (Å²) in [5.74, 6) is -0.933. The van der Waals surface area contributed by atoms with Gasteiger partial charge in [0.15, 0.2) is 0 Å². The van der Waals surface area contributed by atoms with Crippen LogP contribution in [0.1, 0.15) is 22.7 Å². The van der Waals surface area contributed by atoms with Gasteiger partial charge in [-0.15, -0.1) is 0 Å². The molecule has 0 aromatic heterocycles. The van der Waals surface area contributed by atoms with E-state index in [4.69, 9.17) is 0 Å². The lowest BCUT2D eigenvalue weighted by molar-refractivity contribution is 0.586. The van der Waals surface area contributed by atoms with Crippen molar-refractivity contribution in [2.75, 3.05) is 0 Å². The second kappa shape index (κ2) is 7.32. The van der Waals surface area contributed by atoms with Crippen LogP contribution in [0.5, 0.6) is 0 Å². The highest BCUT2D eigenvalue weighted by Crippen LogP contribution is 2.23. The molecule has 0 heterocycles. The minimum atomic E-state index is -0.318. The monoisotopic (exact) mass is 327 g/mol. The van der Waals surface area contributed by atoms with Crippen molar-refractivity contribution < 1.29 is 13.2 Å². The molecular formula is C20H16F3N. The molecule has 122 valence electrons. The number of rotatable bonds is 5. The largest absolute Gasteiger partial charge is 0.302 e. The lowest BCUT2D eigenvalue weighted by atomic mass is 9.98. The van der Waals surface area contributed by atoms with Gasteiger partial charge in [0, 0.05) is 6.54 Å². The standard InChI is InChI=1S/C20H16F3N/c21-17-8-4-15(5-9-17)20(16-6-10-18(22)11-7-16)24-13-14-2-1-3-19(23)12-14/h1-12,20,24H,13H2. The number of hydrogen-bond acceptors (Lipinski definition) is 1. The first-order valence-corrected chi connectivity index (χ1v) is 7.60. The van der Waals surface area contributed by atoms with Crippen molar-refractivity contribution in [3.63, 3.8) is 0 Å². The second-order valence-electron chi connectivity index (χ2n) is 5.55. The number of halogens is 3. The van der Waals surface area contributed by atoms with Crippen LogP contribution in [0.25, 0.3) is 0 Å². The van der Waals surface area contributed by atoms with Crippen LogP contribution in [0.2, 0.25) is 0 Å². The van der Waals surface area contributed by atoms with Crippen molar-refractivity contribution in [2.24, 2.45) is 0 Å². The van der Waals surface area contributed by atoms with Gasteiger partial charge in [0.25, 0.3) is 0 Å². The third-order valence-electron chi connectivity index (χ3n) is 3.81. The summed E-state index contributed by atoms with van der Waals surface area (Å²) in [4.78, 5) is 0. The number of nitrogens with one attached hydrogen (secondary N) is 1. The summed E-state index contributed by atoms with van der Waals surface area (Å²) in [6, 6.07) is 18.3. The molecule has 24 heavy (non-hydrogen) atoms. The zero-order valence-electron chi connectivity index (χ0n) is 12.8. The average Bonchev–Trinajstić information content (AvgIpc) is 2.58. The molecule has 3 aromatic rings. The van der Waals surface area contributed by atoms with Crippen LogP contribution < -0.4 is 5.32 Å². The fourth-order valence-electron chi connectivity index (χ4n) is 2.61. The van der Waals surface area contributed by atoms with E-state index < -0.39 is 0 Å². The Morgan fingerprint density at radius 3 is 1.71 bits per heavy atom. The van der Waals surface area contributed by atoms with E-state index in [1.807, 2.05) is 6.07 Å². The molecule has 0 spiro atoms. The van der Waals surface area contributed by atoms with Gasteiger partial charge in [-0.05, 0) is 53.1 Å². The summed E-state index contributed by atoms with van der Waals surface area (Å²) < 4.78 is 39.7. The first-order valence-electron chi connectivity index (χ1n) is 7.60. The quantitative estimate of drug-likeness (QED) is 0.697. The Hall–Kier alpha value is -2.59. The Morgan fingerprint density at radius 2 is 1.21 bits per heavy atom. The maximum absolute atomic E-state index is 13.3. The van der Waals surface area contributed by atoms with Crippen molar-refractivity contribution >= 4 is 0 Å². The van der Waals surface area contributed by atoms with Crippen LogP contribution in [-0.4, -0.2) is 0 Å². The van der Waals surface area contributed by atoms with Gasteiger partial charge in [-0.1, -0.05) is 36.4 Å². The van der Waals surface area contributed by atoms with Gasteiger partial charge in [-0.2, -0.15) is 0 Å². The Bertz CT molecular complexity index is 752. The summed E-state index contributed by atoms with van der Waals surface area (Å²) in [5, 5.41) is 3.32. The molecule has 0 fully saturated rings. The van der Waals surface area contributed by atoms with E-state index in [0.29, 0.717) is 6.54 Å². The summed E-state index contributed by atoms with van der Waals surface area (Å²) in [6.45, 7) is 0.428. The Balaban J connectivity index is 1.86. The highest BCUT2D eigenvalue weighted by Gasteiger charge is 2.14. The fraction of sp³-hybridized carbons (Fsp3) is 0.100. The molecule has 0 saturated carbocycles. The smallest absolute Gasteiger partial charge is 0.123 e. The highest BCUT2D eigenvalue weighted by molar-refractivity contribution is 5.32. The fourth-order valence-corrected chi connectivity index (χ4v) is 2.61. The van der Waals surface area contributed by atoms with E-state index in [0.717, 1.165) is 16.7 Å². The minimum absolute atomic E-state index is 0.255. The van der Waals surface area contributed by atoms with E-state index in [1.165, 1.54) is 36.4 Å². The number of hydrogen-bond donors (Lipinski definition) is 1. The van der Waals surface area contributed by atoms with Gasteiger partial charge in [0.05, 0.1) is 6.04 Å². The predicted molar refractivity (Wildman–Crippen MR) is 87.9 cm³/mol. The lowest BCUT2D eigenvalue weighted by Gasteiger charge is -2.20. The zero-order valence-corrected chi connectivity index (χ0v) is 12.8. The van der Waals surface area contributed by atoms with Crippen molar-refractivity contribution in [3.05, 3.63) is 107 Å². The van der Waals surface area contributed by atoms with Gasteiger partial charge in [0.2, 0.25) is 0 Å². The Kier molecular flexibility index (Phi) is 4.96. The molecule has 0 atom stereocenters. The Morgan fingerprint density at radius 1 is 0.667 bits per heavy atom. The molecule has 4 heteroatoms. The summed E-state index contributed by atoms with van der Waals surface area (Å²) in [6.07, 6.45) is 0. The van der Waals surface area contributed by atoms with Crippen LogP contribution in [-0.2, 0) is 6.54 Å². The first-order chi connectivity index (χ1) is 11.6. The summed E-state index contributed by atoms with van der Waals surface area (Å²) >= 11 is 0. The van der Waals surface area contributed by atoms with E-state index in [1.54, 1.807) is 30.3 Å². The predicted octanol–water partition coefficient (Wildman–Crippen LogP) is 4.98. The molecule has 0 aliphatic rings. The van der Waals surface area contributed by atoms with Crippen LogP contribution in [0.3, 0.4) is 0 Å². The van der Waals surface area contributed by atoms with Crippen LogP contribution in [0.15, 0.2) is 72.8 Å². The van der Waals surface area contributed by atoms with E-state index in [2.05, 4.69) is 5.32 Å². The molecule has 1 nitrogen and oxygen atoms in total. The maximum atomic E-state index is 13.3. The second-order valence-corrected chi connectivity index (χ2v) is 5.55. The van der Waals surface area contributed by atoms with E-state index >= 15 is 0 Å².